The second kappa shape index (κ2) is 7.52. The van der Waals surface area contributed by atoms with Gasteiger partial charge in [0.05, 0.1) is 6.26 Å². The first-order chi connectivity index (χ1) is 14.7. The molecule has 1 fully saturated rings. The van der Waals surface area contributed by atoms with Crippen LogP contribution in [0, 0.1) is 18.3 Å². The molecule has 0 spiro atoms. The smallest absolute Gasteiger partial charge is 0.266 e. The third-order valence-corrected chi connectivity index (χ3v) is 5.41. The molecule has 1 aliphatic rings. The van der Waals surface area contributed by atoms with Crippen LogP contribution in [0.4, 0.5) is 5.88 Å². The van der Waals surface area contributed by atoms with Gasteiger partial charge >= 0.3 is 0 Å². The van der Waals surface area contributed by atoms with Gasteiger partial charge < -0.3 is 18.3 Å². The summed E-state index contributed by atoms with van der Waals surface area (Å²) in [6.45, 7) is 3.44. The highest BCUT2D eigenvalue weighted by molar-refractivity contribution is 5.59. The second-order valence-electron chi connectivity index (χ2n) is 7.29. The van der Waals surface area contributed by atoms with Gasteiger partial charge in [0.2, 0.25) is 23.3 Å². The summed E-state index contributed by atoms with van der Waals surface area (Å²) in [5.41, 5.74) is 2.36. The van der Waals surface area contributed by atoms with Gasteiger partial charge in [0.1, 0.15) is 6.07 Å². The number of hydrogen-bond acceptors (Lipinski definition) is 8. The molecule has 0 radical (unpaired) electrons. The van der Waals surface area contributed by atoms with E-state index < -0.39 is 0 Å². The molecular weight excluding hydrogens is 382 g/mol. The van der Waals surface area contributed by atoms with Crippen molar-refractivity contribution in [2.45, 2.75) is 25.7 Å². The molecule has 30 heavy (non-hydrogen) atoms. The Morgan fingerprint density at radius 1 is 1.10 bits per heavy atom. The normalized spacial score (nSPS) is 14.7. The van der Waals surface area contributed by atoms with Gasteiger partial charge in [-0.2, -0.15) is 15.2 Å². The van der Waals surface area contributed by atoms with Gasteiger partial charge in [0.15, 0.2) is 5.76 Å². The highest BCUT2D eigenvalue weighted by Crippen LogP contribution is 2.34. The van der Waals surface area contributed by atoms with E-state index in [0.717, 1.165) is 24.0 Å². The quantitative estimate of drug-likeness (QED) is 0.490. The van der Waals surface area contributed by atoms with E-state index in [4.69, 9.17) is 13.4 Å². The molecule has 0 aliphatic carbocycles. The third kappa shape index (κ3) is 3.24. The molecule has 1 aliphatic heterocycles. The van der Waals surface area contributed by atoms with Crippen molar-refractivity contribution in [1.82, 2.24) is 15.1 Å². The van der Waals surface area contributed by atoms with Crippen molar-refractivity contribution in [1.29, 1.82) is 5.26 Å². The summed E-state index contributed by atoms with van der Waals surface area (Å²) in [5.74, 6) is 2.74. The minimum absolute atomic E-state index is 0.171. The van der Waals surface area contributed by atoms with E-state index in [9.17, 15) is 5.26 Å². The van der Waals surface area contributed by atoms with Crippen LogP contribution in [0.25, 0.3) is 23.0 Å². The zero-order valence-electron chi connectivity index (χ0n) is 16.4. The molecule has 1 aromatic carbocycles. The van der Waals surface area contributed by atoms with E-state index in [1.165, 1.54) is 0 Å². The maximum atomic E-state index is 9.46. The van der Waals surface area contributed by atoms with Crippen LogP contribution in [0.3, 0.4) is 0 Å². The van der Waals surface area contributed by atoms with Crippen LogP contribution in [-0.4, -0.2) is 28.2 Å². The van der Waals surface area contributed by atoms with Crippen molar-refractivity contribution >= 4 is 5.88 Å². The summed E-state index contributed by atoms with van der Waals surface area (Å²) in [4.78, 5) is 10.9. The van der Waals surface area contributed by atoms with Gasteiger partial charge in [-0.25, -0.2) is 0 Å². The lowest BCUT2D eigenvalue weighted by atomic mass is 9.96. The van der Waals surface area contributed by atoms with Crippen LogP contribution in [0.5, 0.6) is 0 Å². The van der Waals surface area contributed by atoms with E-state index in [0.29, 0.717) is 42.3 Å². The first kappa shape index (κ1) is 18.2. The summed E-state index contributed by atoms with van der Waals surface area (Å²) in [6.07, 6.45) is 3.18. The predicted octanol–water partition coefficient (Wildman–Crippen LogP) is 4.55. The van der Waals surface area contributed by atoms with Crippen LogP contribution < -0.4 is 4.90 Å². The SMILES string of the molecule is Cc1ccccc1-c1noc(C2CCN(c3oc(-c4ccco4)nc3C#N)CC2)n1. The van der Waals surface area contributed by atoms with E-state index in [1.54, 1.807) is 18.4 Å². The summed E-state index contributed by atoms with van der Waals surface area (Å²) >= 11 is 0. The first-order valence-corrected chi connectivity index (χ1v) is 9.82. The number of aryl methyl sites for hydroxylation is 1. The molecule has 8 nitrogen and oxygen atoms in total. The second-order valence-corrected chi connectivity index (χ2v) is 7.29. The summed E-state index contributed by atoms with van der Waals surface area (Å²) in [6, 6.07) is 13.6. The first-order valence-electron chi connectivity index (χ1n) is 9.82. The Kier molecular flexibility index (Phi) is 4.56. The minimum atomic E-state index is 0.171. The molecule has 8 heteroatoms. The number of benzene rings is 1. The Bertz CT molecular complexity index is 1190. The lowest BCUT2D eigenvalue weighted by Crippen LogP contribution is -2.33. The van der Waals surface area contributed by atoms with E-state index in [-0.39, 0.29) is 11.6 Å². The zero-order chi connectivity index (χ0) is 20.5. The van der Waals surface area contributed by atoms with E-state index in [1.807, 2.05) is 36.1 Å². The fourth-order valence-corrected chi connectivity index (χ4v) is 3.77. The number of aromatic nitrogens is 3. The van der Waals surface area contributed by atoms with Crippen LogP contribution in [0.2, 0.25) is 0 Å². The average Bonchev–Trinajstić information content (AvgIpc) is 3.54. The number of hydrogen-bond donors (Lipinski definition) is 0. The highest BCUT2D eigenvalue weighted by Gasteiger charge is 2.29. The largest absolute Gasteiger partial charge is 0.459 e. The van der Waals surface area contributed by atoms with Crippen molar-refractivity contribution < 1.29 is 13.4 Å². The average molecular weight is 401 g/mol. The third-order valence-electron chi connectivity index (χ3n) is 5.41. The van der Waals surface area contributed by atoms with E-state index in [2.05, 4.69) is 21.2 Å². The zero-order valence-corrected chi connectivity index (χ0v) is 16.4. The lowest BCUT2D eigenvalue weighted by molar-refractivity contribution is 0.327. The molecule has 0 unspecified atom stereocenters. The molecule has 3 aromatic heterocycles. The monoisotopic (exact) mass is 401 g/mol. The Labute approximate surface area is 172 Å². The van der Waals surface area contributed by atoms with Crippen LogP contribution in [0.1, 0.15) is 35.9 Å². The summed E-state index contributed by atoms with van der Waals surface area (Å²) in [7, 11) is 0. The summed E-state index contributed by atoms with van der Waals surface area (Å²) in [5, 5.41) is 13.6. The molecule has 4 heterocycles. The fraction of sp³-hybridized carbons (Fsp3) is 0.273. The number of oxazole rings is 1. The number of anilines is 1. The van der Waals surface area contributed by atoms with Crippen LogP contribution >= 0.6 is 0 Å². The molecular formula is C22H19N5O3. The molecule has 0 atom stereocenters. The van der Waals surface area contributed by atoms with Gasteiger partial charge in [0, 0.05) is 24.6 Å². The molecule has 5 rings (SSSR count). The number of nitrogens with zero attached hydrogens (tertiary/aromatic N) is 5. The number of nitriles is 1. The maximum Gasteiger partial charge on any atom is 0.266 e. The topological polar surface area (TPSA) is 105 Å². The molecule has 0 saturated carbocycles. The van der Waals surface area contributed by atoms with Crippen molar-refractivity contribution in [3.05, 3.63) is 59.8 Å². The molecule has 0 N–H and O–H groups in total. The van der Waals surface area contributed by atoms with Crippen molar-refractivity contribution in [3.63, 3.8) is 0 Å². The number of rotatable bonds is 4. The predicted molar refractivity (Wildman–Crippen MR) is 108 cm³/mol. The Morgan fingerprint density at radius 3 is 2.67 bits per heavy atom. The molecule has 4 aromatic rings. The Hall–Kier alpha value is -3.86. The lowest BCUT2D eigenvalue weighted by Gasteiger charge is -2.29. The Balaban J connectivity index is 1.31. The number of piperidine rings is 1. The van der Waals surface area contributed by atoms with Gasteiger partial charge in [-0.15, -0.1) is 0 Å². The standard InChI is InChI=1S/C22H19N5O3/c1-14-5-2-3-6-16(14)19-25-20(30-26-19)15-8-10-27(11-9-15)22-17(13-23)24-21(29-22)18-7-4-12-28-18/h2-7,12,15H,8-11H2,1H3. The number of furan rings is 1. The van der Waals surface area contributed by atoms with Gasteiger partial charge in [-0.05, 0) is 37.5 Å². The van der Waals surface area contributed by atoms with Crippen LogP contribution in [-0.2, 0) is 0 Å². The van der Waals surface area contributed by atoms with Gasteiger partial charge in [0.25, 0.3) is 5.89 Å². The maximum absolute atomic E-state index is 9.46. The molecule has 150 valence electrons. The molecule has 1 saturated heterocycles. The van der Waals surface area contributed by atoms with Crippen molar-refractivity contribution in [2.75, 3.05) is 18.0 Å². The molecule has 0 amide bonds. The van der Waals surface area contributed by atoms with E-state index >= 15 is 0 Å². The van der Waals surface area contributed by atoms with Crippen molar-refractivity contribution in [3.8, 4) is 29.1 Å². The summed E-state index contributed by atoms with van der Waals surface area (Å²) < 4.78 is 16.8. The van der Waals surface area contributed by atoms with Gasteiger partial charge in [-0.1, -0.05) is 29.4 Å². The van der Waals surface area contributed by atoms with Gasteiger partial charge in [-0.3, -0.25) is 0 Å². The minimum Gasteiger partial charge on any atom is -0.459 e. The van der Waals surface area contributed by atoms with Crippen LogP contribution in [0.15, 0.2) is 56.0 Å². The van der Waals surface area contributed by atoms with Crippen molar-refractivity contribution in [2.24, 2.45) is 0 Å². The highest BCUT2D eigenvalue weighted by atomic mass is 16.5. The fourth-order valence-electron chi connectivity index (χ4n) is 3.77. The Morgan fingerprint density at radius 2 is 1.93 bits per heavy atom. The molecule has 0 bridgehead atoms.